The topological polar surface area (TPSA) is 65.7 Å². The van der Waals surface area contributed by atoms with Crippen LogP contribution in [0.2, 0.25) is 0 Å². The maximum absolute atomic E-state index is 12.9. The van der Waals surface area contributed by atoms with E-state index in [4.69, 9.17) is 9.47 Å². The van der Waals surface area contributed by atoms with E-state index in [-0.39, 0.29) is 5.56 Å². The maximum Gasteiger partial charge on any atom is 0.276 e. The molecule has 4 aromatic rings. The molecular formula is C19H15N3O3S. The standard InChI is InChI=1S/C19H15N3O3S/c1-24-14-9-8-12(10-15(14)25-2)11-16-18(23)22-17(20-21-19(22)26-16)13-6-4-3-5-7-13/h3-11H,1-2H3/b16-11+. The van der Waals surface area contributed by atoms with Crippen molar-refractivity contribution in [1.82, 2.24) is 14.6 Å². The molecule has 2 aromatic carbocycles. The third-order valence-corrected chi connectivity index (χ3v) is 4.95. The fourth-order valence-corrected chi connectivity index (χ4v) is 3.64. The Morgan fingerprint density at radius 2 is 1.77 bits per heavy atom. The average Bonchev–Trinajstić information content (AvgIpc) is 3.23. The Labute approximate surface area is 153 Å². The Hall–Kier alpha value is -3.19. The Morgan fingerprint density at radius 3 is 2.50 bits per heavy atom. The molecule has 0 amide bonds. The Morgan fingerprint density at radius 1 is 1.00 bits per heavy atom. The molecule has 0 unspecified atom stereocenters. The highest BCUT2D eigenvalue weighted by Crippen LogP contribution is 2.27. The average molecular weight is 365 g/mol. The molecule has 4 rings (SSSR count). The number of benzene rings is 2. The molecule has 0 aliphatic rings. The van der Waals surface area contributed by atoms with E-state index in [1.807, 2.05) is 54.6 Å². The van der Waals surface area contributed by atoms with E-state index in [1.54, 1.807) is 18.6 Å². The van der Waals surface area contributed by atoms with Gasteiger partial charge < -0.3 is 9.47 Å². The monoisotopic (exact) mass is 365 g/mol. The van der Waals surface area contributed by atoms with Gasteiger partial charge in [-0.15, -0.1) is 10.2 Å². The smallest absolute Gasteiger partial charge is 0.276 e. The van der Waals surface area contributed by atoms with E-state index < -0.39 is 0 Å². The fraction of sp³-hybridized carbons (Fsp3) is 0.105. The number of rotatable bonds is 4. The van der Waals surface area contributed by atoms with Crippen LogP contribution in [0.25, 0.3) is 22.4 Å². The Bertz CT molecular complexity index is 1180. The first-order chi connectivity index (χ1) is 12.7. The predicted octanol–water partition coefficient (Wildman–Crippen LogP) is 2.38. The number of nitrogens with zero attached hydrogens (tertiary/aromatic N) is 3. The summed E-state index contributed by atoms with van der Waals surface area (Å²) in [5, 5.41) is 8.30. The molecule has 0 radical (unpaired) electrons. The molecule has 0 fully saturated rings. The molecule has 0 spiro atoms. The SMILES string of the molecule is COc1ccc(/C=c2/sc3nnc(-c4ccccc4)n3c2=O)cc1OC. The van der Waals surface area contributed by atoms with Gasteiger partial charge in [-0.2, -0.15) is 0 Å². The maximum atomic E-state index is 12.9. The molecule has 26 heavy (non-hydrogen) atoms. The minimum absolute atomic E-state index is 0.136. The Kier molecular flexibility index (Phi) is 4.14. The fourth-order valence-electron chi connectivity index (χ4n) is 2.73. The van der Waals surface area contributed by atoms with Gasteiger partial charge in [0.25, 0.3) is 5.56 Å². The highest BCUT2D eigenvalue weighted by Gasteiger charge is 2.14. The summed E-state index contributed by atoms with van der Waals surface area (Å²) in [5.41, 5.74) is 1.56. The van der Waals surface area contributed by atoms with Crippen molar-refractivity contribution in [1.29, 1.82) is 0 Å². The zero-order valence-corrected chi connectivity index (χ0v) is 15.0. The van der Waals surface area contributed by atoms with Crippen LogP contribution in [0.15, 0.2) is 53.3 Å². The second-order valence-corrected chi connectivity index (χ2v) is 6.55. The third kappa shape index (κ3) is 2.72. The van der Waals surface area contributed by atoms with Crippen molar-refractivity contribution in [3.8, 4) is 22.9 Å². The van der Waals surface area contributed by atoms with Crippen LogP contribution in [-0.2, 0) is 0 Å². The van der Waals surface area contributed by atoms with Crippen LogP contribution in [0, 0.1) is 0 Å². The van der Waals surface area contributed by atoms with Crippen LogP contribution in [-0.4, -0.2) is 28.8 Å². The normalized spacial score (nSPS) is 11.8. The van der Waals surface area contributed by atoms with E-state index in [9.17, 15) is 4.79 Å². The molecule has 0 aliphatic carbocycles. The largest absolute Gasteiger partial charge is 0.493 e. The first kappa shape index (κ1) is 16.3. The van der Waals surface area contributed by atoms with E-state index in [2.05, 4.69) is 10.2 Å². The van der Waals surface area contributed by atoms with E-state index in [0.717, 1.165) is 11.1 Å². The van der Waals surface area contributed by atoms with Crippen molar-refractivity contribution in [2.24, 2.45) is 0 Å². The lowest BCUT2D eigenvalue weighted by molar-refractivity contribution is 0.355. The second kappa shape index (κ2) is 6.61. The van der Waals surface area contributed by atoms with E-state index in [1.165, 1.54) is 11.3 Å². The number of methoxy groups -OCH3 is 2. The van der Waals surface area contributed by atoms with Crippen LogP contribution in [0.1, 0.15) is 5.56 Å². The van der Waals surface area contributed by atoms with Crippen molar-refractivity contribution < 1.29 is 9.47 Å². The summed E-state index contributed by atoms with van der Waals surface area (Å²) >= 11 is 1.31. The molecule has 6 nitrogen and oxygen atoms in total. The highest BCUT2D eigenvalue weighted by molar-refractivity contribution is 7.15. The minimum Gasteiger partial charge on any atom is -0.493 e. The minimum atomic E-state index is -0.136. The van der Waals surface area contributed by atoms with Gasteiger partial charge in [-0.3, -0.25) is 4.79 Å². The molecule has 0 saturated heterocycles. The quantitative estimate of drug-likeness (QED) is 0.556. The molecule has 2 aromatic heterocycles. The van der Waals surface area contributed by atoms with Gasteiger partial charge in [0.1, 0.15) is 0 Å². The van der Waals surface area contributed by atoms with Gasteiger partial charge in [-0.25, -0.2) is 4.40 Å². The van der Waals surface area contributed by atoms with Gasteiger partial charge in [0, 0.05) is 5.56 Å². The number of thiazole rings is 1. The predicted molar refractivity (Wildman–Crippen MR) is 101 cm³/mol. The number of ether oxygens (including phenoxy) is 2. The molecule has 0 bridgehead atoms. The Balaban J connectivity index is 1.86. The number of hydrogen-bond donors (Lipinski definition) is 0. The molecular weight excluding hydrogens is 350 g/mol. The number of aromatic nitrogens is 3. The lowest BCUT2D eigenvalue weighted by Gasteiger charge is -2.07. The number of fused-ring (bicyclic) bond motifs is 1. The summed E-state index contributed by atoms with van der Waals surface area (Å²) in [6.45, 7) is 0. The van der Waals surface area contributed by atoms with Crippen molar-refractivity contribution >= 4 is 22.4 Å². The molecule has 7 heteroatoms. The van der Waals surface area contributed by atoms with Gasteiger partial charge >= 0.3 is 0 Å². The summed E-state index contributed by atoms with van der Waals surface area (Å²) in [4.78, 5) is 13.4. The van der Waals surface area contributed by atoms with Crippen molar-refractivity contribution in [3.05, 3.63) is 69.0 Å². The molecule has 2 heterocycles. The van der Waals surface area contributed by atoms with Crippen molar-refractivity contribution in [2.45, 2.75) is 0 Å². The van der Waals surface area contributed by atoms with Gasteiger partial charge in [0.05, 0.1) is 18.8 Å². The van der Waals surface area contributed by atoms with Crippen LogP contribution in [0.4, 0.5) is 0 Å². The summed E-state index contributed by atoms with van der Waals surface area (Å²) in [6, 6.07) is 15.1. The van der Waals surface area contributed by atoms with Crippen molar-refractivity contribution in [3.63, 3.8) is 0 Å². The van der Waals surface area contributed by atoms with Gasteiger partial charge in [0.15, 0.2) is 17.3 Å². The summed E-state index contributed by atoms with van der Waals surface area (Å²) in [7, 11) is 3.17. The first-order valence-corrected chi connectivity index (χ1v) is 8.70. The lowest BCUT2D eigenvalue weighted by atomic mass is 10.2. The van der Waals surface area contributed by atoms with Crippen LogP contribution < -0.4 is 19.6 Å². The number of hydrogen-bond acceptors (Lipinski definition) is 6. The van der Waals surface area contributed by atoms with Gasteiger partial charge in [0.2, 0.25) is 4.96 Å². The molecule has 0 saturated carbocycles. The summed E-state index contributed by atoms with van der Waals surface area (Å²) in [6.07, 6.45) is 1.82. The zero-order chi connectivity index (χ0) is 18.1. The summed E-state index contributed by atoms with van der Waals surface area (Å²) < 4.78 is 12.7. The van der Waals surface area contributed by atoms with Gasteiger partial charge in [-0.05, 0) is 23.8 Å². The molecule has 0 atom stereocenters. The van der Waals surface area contributed by atoms with E-state index >= 15 is 0 Å². The van der Waals surface area contributed by atoms with Crippen molar-refractivity contribution in [2.75, 3.05) is 14.2 Å². The third-order valence-electron chi connectivity index (χ3n) is 3.99. The summed E-state index contributed by atoms with van der Waals surface area (Å²) in [5.74, 6) is 1.80. The van der Waals surface area contributed by atoms with Gasteiger partial charge in [-0.1, -0.05) is 47.7 Å². The highest BCUT2D eigenvalue weighted by atomic mass is 32.1. The lowest BCUT2D eigenvalue weighted by Crippen LogP contribution is -2.23. The van der Waals surface area contributed by atoms with E-state index in [0.29, 0.717) is 26.8 Å². The second-order valence-electron chi connectivity index (χ2n) is 5.54. The van der Waals surface area contributed by atoms with Crippen LogP contribution in [0.3, 0.4) is 0 Å². The zero-order valence-electron chi connectivity index (χ0n) is 14.2. The van der Waals surface area contributed by atoms with Crippen LogP contribution >= 0.6 is 11.3 Å². The first-order valence-electron chi connectivity index (χ1n) is 7.88. The molecule has 0 aliphatic heterocycles. The molecule has 0 N–H and O–H groups in total. The molecule has 130 valence electrons. The van der Waals surface area contributed by atoms with Crippen LogP contribution in [0.5, 0.6) is 11.5 Å².